The van der Waals surface area contributed by atoms with Crippen LogP contribution >= 0.6 is 0 Å². The molecule has 0 aromatic heterocycles. The Morgan fingerprint density at radius 1 is 1.07 bits per heavy atom. The summed E-state index contributed by atoms with van der Waals surface area (Å²) in [6.07, 6.45) is -0.721. The van der Waals surface area contributed by atoms with E-state index in [1.54, 1.807) is 17.0 Å². The highest BCUT2D eigenvalue weighted by atomic mass is 32.2. The molecule has 0 saturated carbocycles. The number of fused-ring (bicyclic) bond motifs is 1. The van der Waals surface area contributed by atoms with Crippen LogP contribution in [0.3, 0.4) is 0 Å². The number of amides is 1. The van der Waals surface area contributed by atoms with E-state index >= 15 is 0 Å². The number of aryl methyl sites for hydroxylation is 2. The number of sulfonamides is 1. The van der Waals surface area contributed by atoms with E-state index < -0.39 is 22.2 Å². The highest BCUT2D eigenvalue weighted by Crippen LogP contribution is 2.31. The fourth-order valence-corrected chi connectivity index (χ4v) is 5.86. The second-order valence-corrected chi connectivity index (χ2v) is 9.84. The summed E-state index contributed by atoms with van der Waals surface area (Å²) in [6.45, 7) is 4.40. The highest BCUT2D eigenvalue weighted by Gasteiger charge is 2.45. The highest BCUT2D eigenvalue weighted by molar-refractivity contribution is 7.89. The molecule has 4 rings (SSSR count). The van der Waals surface area contributed by atoms with Gasteiger partial charge in [0.05, 0.1) is 4.90 Å². The van der Waals surface area contributed by atoms with Gasteiger partial charge in [-0.25, -0.2) is 12.8 Å². The summed E-state index contributed by atoms with van der Waals surface area (Å²) >= 11 is 0. The van der Waals surface area contributed by atoms with Crippen LogP contribution in [0.2, 0.25) is 0 Å². The van der Waals surface area contributed by atoms with Crippen molar-refractivity contribution in [1.29, 1.82) is 0 Å². The zero-order chi connectivity index (χ0) is 20.8. The summed E-state index contributed by atoms with van der Waals surface area (Å²) in [5.74, 6) is -0.313. The van der Waals surface area contributed by atoms with Crippen LogP contribution < -0.4 is 0 Å². The summed E-state index contributed by atoms with van der Waals surface area (Å²) in [7, 11) is -3.96. The Labute approximate surface area is 171 Å². The van der Waals surface area contributed by atoms with Crippen molar-refractivity contribution in [2.24, 2.45) is 0 Å². The standard InChI is InChI=1S/C22H25FN2O3S/c1-15-7-8-20(11-16(15)2)29(27,28)25-14-19(23)12-21(25)22(26)24-10-9-17-5-3-4-6-18(17)13-24/h3-8,11,19,21H,9-10,12-14H2,1-2H3. The Bertz CT molecular complexity index is 1050. The third kappa shape index (κ3) is 3.69. The normalized spacial score (nSPS) is 22.5. The van der Waals surface area contributed by atoms with Gasteiger partial charge in [-0.1, -0.05) is 30.3 Å². The van der Waals surface area contributed by atoms with Crippen molar-refractivity contribution >= 4 is 15.9 Å². The molecule has 2 unspecified atom stereocenters. The molecule has 2 aromatic rings. The zero-order valence-electron chi connectivity index (χ0n) is 16.6. The van der Waals surface area contributed by atoms with E-state index in [-0.39, 0.29) is 23.8 Å². The van der Waals surface area contributed by atoms with Crippen LogP contribution in [0.4, 0.5) is 4.39 Å². The van der Waals surface area contributed by atoms with Gasteiger partial charge in [-0.15, -0.1) is 0 Å². The van der Waals surface area contributed by atoms with Crippen molar-refractivity contribution in [3.8, 4) is 0 Å². The number of benzene rings is 2. The van der Waals surface area contributed by atoms with E-state index in [2.05, 4.69) is 0 Å². The van der Waals surface area contributed by atoms with Gasteiger partial charge in [0, 0.05) is 26.1 Å². The molecule has 2 heterocycles. The van der Waals surface area contributed by atoms with Gasteiger partial charge in [0.1, 0.15) is 12.2 Å². The molecule has 5 nitrogen and oxygen atoms in total. The van der Waals surface area contributed by atoms with E-state index in [1.807, 2.05) is 38.1 Å². The number of rotatable bonds is 3. The molecule has 0 bridgehead atoms. The molecular formula is C22H25FN2O3S. The van der Waals surface area contributed by atoms with E-state index in [0.717, 1.165) is 27.4 Å². The topological polar surface area (TPSA) is 57.7 Å². The average molecular weight is 417 g/mol. The lowest BCUT2D eigenvalue weighted by Crippen LogP contribution is -2.49. The maximum Gasteiger partial charge on any atom is 0.243 e. The van der Waals surface area contributed by atoms with E-state index in [9.17, 15) is 17.6 Å². The van der Waals surface area contributed by atoms with E-state index in [1.165, 1.54) is 11.6 Å². The molecule has 2 aromatic carbocycles. The summed E-state index contributed by atoms with van der Waals surface area (Å²) < 4.78 is 41.8. The molecule has 29 heavy (non-hydrogen) atoms. The van der Waals surface area contributed by atoms with Gasteiger partial charge in [-0.05, 0) is 54.7 Å². The number of carbonyl (C=O) groups excluding carboxylic acids is 1. The predicted molar refractivity (Wildman–Crippen MR) is 109 cm³/mol. The molecule has 1 amide bonds. The van der Waals surface area contributed by atoms with Crippen molar-refractivity contribution in [2.75, 3.05) is 13.1 Å². The van der Waals surface area contributed by atoms with Gasteiger partial charge in [-0.3, -0.25) is 4.79 Å². The largest absolute Gasteiger partial charge is 0.337 e. The van der Waals surface area contributed by atoms with E-state index in [0.29, 0.717) is 13.1 Å². The van der Waals surface area contributed by atoms with Gasteiger partial charge < -0.3 is 4.90 Å². The first-order valence-electron chi connectivity index (χ1n) is 9.86. The fourth-order valence-electron chi connectivity index (χ4n) is 4.15. The summed E-state index contributed by atoms with van der Waals surface area (Å²) in [4.78, 5) is 15.0. The second kappa shape index (κ2) is 7.54. The number of hydrogen-bond donors (Lipinski definition) is 0. The van der Waals surface area contributed by atoms with Crippen LogP contribution in [0.5, 0.6) is 0 Å². The van der Waals surface area contributed by atoms with Gasteiger partial charge in [-0.2, -0.15) is 4.31 Å². The van der Waals surface area contributed by atoms with Gasteiger partial charge in [0.2, 0.25) is 15.9 Å². The van der Waals surface area contributed by atoms with E-state index in [4.69, 9.17) is 0 Å². The fraction of sp³-hybridized carbons (Fsp3) is 0.409. The third-order valence-corrected chi connectivity index (χ3v) is 7.89. The molecule has 2 atom stereocenters. The van der Waals surface area contributed by atoms with Crippen molar-refractivity contribution < 1.29 is 17.6 Å². The lowest BCUT2D eigenvalue weighted by molar-refractivity contribution is -0.135. The zero-order valence-corrected chi connectivity index (χ0v) is 17.5. The molecule has 1 saturated heterocycles. The summed E-state index contributed by atoms with van der Waals surface area (Å²) in [6, 6.07) is 11.8. The van der Waals surface area contributed by atoms with Crippen molar-refractivity contribution in [1.82, 2.24) is 9.21 Å². The molecule has 0 spiro atoms. The molecule has 0 N–H and O–H groups in total. The van der Waals surface area contributed by atoms with Gasteiger partial charge >= 0.3 is 0 Å². The number of carbonyl (C=O) groups is 1. The molecule has 0 radical (unpaired) electrons. The Kier molecular flexibility index (Phi) is 5.21. The van der Waals surface area contributed by atoms with Crippen LogP contribution in [0.15, 0.2) is 47.4 Å². The molecular weight excluding hydrogens is 391 g/mol. The Hall–Kier alpha value is -2.25. The third-order valence-electron chi connectivity index (χ3n) is 6.02. The molecule has 2 aliphatic rings. The van der Waals surface area contributed by atoms with Crippen LogP contribution in [0, 0.1) is 13.8 Å². The van der Waals surface area contributed by atoms with Crippen molar-refractivity contribution in [3.05, 3.63) is 64.7 Å². The van der Waals surface area contributed by atoms with Crippen molar-refractivity contribution in [3.63, 3.8) is 0 Å². The quantitative estimate of drug-likeness (QED) is 0.773. The number of hydrogen-bond acceptors (Lipinski definition) is 3. The second-order valence-electron chi connectivity index (χ2n) is 7.95. The molecule has 1 fully saturated rings. The lowest BCUT2D eigenvalue weighted by atomic mass is 9.99. The minimum Gasteiger partial charge on any atom is -0.337 e. The lowest BCUT2D eigenvalue weighted by Gasteiger charge is -2.33. The SMILES string of the molecule is Cc1ccc(S(=O)(=O)N2CC(F)CC2C(=O)N2CCc3ccccc3C2)cc1C. The maximum atomic E-state index is 14.3. The molecule has 7 heteroatoms. The number of nitrogens with zero attached hydrogens (tertiary/aromatic N) is 2. The average Bonchev–Trinajstić information content (AvgIpc) is 3.11. The minimum atomic E-state index is -3.96. The molecule has 2 aliphatic heterocycles. The number of alkyl halides is 1. The van der Waals surface area contributed by atoms with Crippen LogP contribution in [-0.2, 0) is 27.8 Å². The first-order valence-corrected chi connectivity index (χ1v) is 11.3. The number of halogens is 1. The smallest absolute Gasteiger partial charge is 0.243 e. The van der Waals surface area contributed by atoms with Gasteiger partial charge in [0.25, 0.3) is 0 Å². The Morgan fingerprint density at radius 3 is 2.52 bits per heavy atom. The summed E-state index contributed by atoms with van der Waals surface area (Å²) in [5, 5.41) is 0. The van der Waals surface area contributed by atoms with Crippen LogP contribution in [-0.4, -0.2) is 48.8 Å². The monoisotopic (exact) mass is 416 g/mol. The molecule has 0 aliphatic carbocycles. The minimum absolute atomic E-state index is 0.0962. The predicted octanol–water partition coefficient (Wildman–Crippen LogP) is 2.99. The van der Waals surface area contributed by atoms with Crippen LogP contribution in [0.1, 0.15) is 28.7 Å². The first kappa shape index (κ1) is 20.0. The van der Waals surface area contributed by atoms with Crippen molar-refractivity contribution in [2.45, 2.75) is 50.3 Å². The summed E-state index contributed by atoms with van der Waals surface area (Å²) in [5.41, 5.74) is 4.09. The Balaban J connectivity index is 1.61. The Morgan fingerprint density at radius 2 is 1.79 bits per heavy atom. The maximum absolute atomic E-state index is 14.3. The van der Waals surface area contributed by atoms with Gasteiger partial charge in [0.15, 0.2) is 0 Å². The first-order chi connectivity index (χ1) is 13.8. The molecule has 154 valence electrons. The van der Waals surface area contributed by atoms with Crippen LogP contribution in [0.25, 0.3) is 0 Å².